The second kappa shape index (κ2) is 4.78. The van der Waals surface area contributed by atoms with Gasteiger partial charge in [0.15, 0.2) is 0 Å². The van der Waals surface area contributed by atoms with E-state index < -0.39 is 17.1 Å². The van der Waals surface area contributed by atoms with Gasteiger partial charge in [-0.15, -0.1) is 0 Å². The Morgan fingerprint density at radius 2 is 1.95 bits per heavy atom. The number of aromatic carboxylic acids is 1. The molecule has 0 fully saturated rings. The number of carbonyl (C=O) groups is 1. The van der Waals surface area contributed by atoms with Gasteiger partial charge in [-0.25, -0.2) is 4.79 Å². The van der Waals surface area contributed by atoms with E-state index in [0.29, 0.717) is 11.4 Å². The van der Waals surface area contributed by atoms with Crippen LogP contribution in [0.5, 0.6) is 0 Å². The van der Waals surface area contributed by atoms with Crippen LogP contribution in [0, 0.1) is 18.3 Å². The lowest BCUT2D eigenvalue weighted by Crippen LogP contribution is -2.27. The quantitative estimate of drug-likeness (QED) is 0.884. The number of carboxylic acids is 1. The highest BCUT2D eigenvalue weighted by molar-refractivity contribution is 5.87. The summed E-state index contributed by atoms with van der Waals surface area (Å²) in [6.07, 6.45) is 0. The largest absolute Gasteiger partial charge is 0.477 e. The van der Waals surface area contributed by atoms with Crippen molar-refractivity contribution in [3.63, 3.8) is 0 Å². The Morgan fingerprint density at radius 3 is 2.47 bits per heavy atom. The van der Waals surface area contributed by atoms with Crippen molar-refractivity contribution in [1.82, 2.24) is 4.57 Å². The number of nitriles is 1. The number of hydrogen-bond donors (Lipinski definition) is 1. The second-order valence-electron chi connectivity index (χ2n) is 3.95. The highest BCUT2D eigenvalue weighted by Gasteiger charge is 2.17. The Hall–Kier alpha value is -2.87. The summed E-state index contributed by atoms with van der Waals surface area (Å²) in [5.41, 5.74) is 0.0651. The van der Waals surface area contributed by atoms with Crippen molar-refractivity contribution in [3.8, 4) is 11.8 Å². The van der Waals surface area contributed by atoms with Crippen LogP contribution in [0.2, 0.25) is 0 Å². The van der Waals surface area contributed by atoms with Crippen molar-refractivity contribution >= 4 is 5.97 Å². The summed E-state index contributed by atoms with van der Waals surface area (Å²) in [5, 5.41) is 18.1. The van der Waals surface area contributed by atoms with Crippen LogP contribution < -0.4 is 5.56 Å². The normalized spacial score (nSPS) is 9.89. The van der Waals surface area contributed by atoms with Crippen molar-refractivity contribution in [1.29, 1.82) is 5.26 Å². The lowest BCUT2D eigenvalue weighted by atomic mass is 10.1. The van der Waals surface area contributed by atoms with Gasteiger partial charge in [0.05, 0.1) is 5.56 Å². The van der Waals surface area contributed by atoms with Gasteiger partial charge >= 0.3 is 5.97 Å². The smallest absolute Gasteiger partial charge is 0.341 e. The molecule has 5 heteroatoms. The van der Waals surface area contributed by atoms with Gasteiger partial charge in [0, 0.05) is 11.4 Å². The molecule has 0 unspecified atom stereocenters. The maximum absolute atomic E-state index is 12.2. The zero-order valence-corrected chi connectivity index (χ0v) is 10.1. The summed E-state index contributed by atoms with van der Waals surface area (Å²) in [6, 6.07) is 11.6. The Balaban J connectivity index is 2.88. The van der Waals surface area contributed by atoms with E-state index in [2.05, 4.69) is 0 Å². The molecule has 0 atom stereocenters. The number of carboxylic acid groups (broad SMARTS) is 1. The number of hydrogen-bond acceptors (Lipinski definition) is 3. The molecule has 19 heavy (non-hydrogen) atoms. The van der Waals surface area contributed by atoms with Crippen LogP contribution in [0.25, 0.3) is 5.69 Å². The van der Waals surface area contributed by atoms with Crippen LogP contribution in [-0.2, 0) is 0 Å². The highest BCUT2D eigenvalue weighted by atomic mass is 16.4. The first-order valence-electron chi connectivity index (χ1n) is 5.51. The molecule has 0 radical (unpaired) electrons. The predicted molar refractivity (Wildman–Crippen MR) is 68.5 cm³/mol. The van der Waals surface area contributed by atoms with Gasteiger partial charge in [0.2, 0.25) is 0 Å². The number of benzene rings is 1. The van der Waals surface area contributed by atoms with Gasteiger partial charge in [-0.1, -0.05) is 18.2 Å². The highest BCUT2D eigenvalue weighted by Crippen LogP contribution is 2.13. The molecule has 1 aromatic carbocycles. The number of rotatable bonds is 2. The second-order valence-corrected chi connectivity index (χ2v) is 3.95. The first kappa shape index (κ1) is 12.6. The minimum Gasteiger partial charge on any atom is -0.477 e. The molecule has 2 rings (SSSR count). The maximum atomic E-state index is 12.2. The van der Waals surface area contributed by atoms with Crippen molar-refractivity contribution in [2.24, 2.45) is 0 Å². The molecule has 0 amide bonds. The molecule has 0 spiro atoms. The molecular formula is C14H10N2O3. The van der Waals surface area contributed by atoms with Crippen molar-refractivity contribution in [2.75, 3.05) is 0 Å². The lowest BCUT2D eigenvalue weighted by Gasteiger charge is -2.12. The first-order chi connectivity index (χ1) is 9.06. The monoisotopic (exact) mass is 254 g/mol. The van der Waals surface area contributed by atoms with E-state index in [9.17, 15) is 9.59 Å². The molecular weight excluding hydrogens is 244 g/mol. The fourth-order valence-corrected chi connectivity index (χ4v) is 1.86. The molecule has 1 aromatic heterocycles. The molecule has 1 N–H and O–H groups in total. The Morgan fingerprint density at radius 1 is 1.32 bits per heavy atom. The fourth-order valence-electron chi connectivity index (χ4n) is 1.86. The van der Waals surface area contributed by atoms with E-state index >= 15 is 0 Å². The van der Waals surface area contributed by atoms with Gasteiger partial charge in [0.25, 0.3) is 5.56 Å². The average molecular weight is 254 g/mol. The van der Waals surface area contributed by atoms with Crippen molar-refractivity contribution < 1.29 is 9.90 Å². The molecule has 0 saturated carbocycles. The van der Waals surface area contributed by atoms with E-state index in [0.717, 1.165) is 6.07 Å². The van der Waals surface area contributed by atoms with Gasteiger partial charge in [-0.05, 0) is 25.1 Å². The number of aromatic nitrogens is 1. The summed E-state index contributed by atoms with van der Waals surface area (Å²) in [4.78, 5) is 23.2. The van der Waals surface area contributed by atoms with E-state index in [1.165, 1.54) is 4.57 Å². The number of pyridine rings is 1. The van der Waals surface area contributed by atoms with Gasteiger partial charge in [-0.3, -0.25) is 9.36 Å². The van der Waals surface area contributed by atoms with Crippen LogP contribution in [-0.4, -0.2) is 15.6 Å². The zero-order valence-electron chi connectivity index (χ0n) is 10.1. The Labute approximate surface area is 109 Å². The minimum absolute atomic E-state index is 0.167. The van der Waals surface area contributed by atoms with E-state index in [-0.39, 0.29) is 5.56 Å². The van der Waals surface area contributed by atoms with Crippen molar-refractivity contribution in [2.45, 2.75) is 6.92 Å². The van der Waals surface area contributed by atoms with Crippen LogP contribution in [0.4, 0.5) is 0 Å². The first-order valence-corrected chi connectivity index (χ1v) is 5.51. The molecule has 0 bridgehead atoms. The number of para-hydroxylation sites is 1. The molecule has 5 nitrogen and oxygen atoms in total. The maximum Gasteiger partial charge on any atom is 0.341 e. The van der Waals surface area contributed by atoms with E-state index in [4.69, 9.17) is 10.4 Å². The third-order valence-corrected chi connectivity index (χ3v) is 2.81. The van der Waals surface area contributed by atoms with Gasteiger partial charge < -0.3 is 5.11 Å². The lowest BCUT2D eigenvalue weighted by molar-refractivity contribution is 0.0694. The molecule has 1 heterocycles. The molecule has 0 aliphatic rings. The Bertz CT molecular complexity index is 740. The molecule has 0 aliphatic heterocycles. The van der Waals surface area contributed by atoms with Gasteiger partial charge in [-0.2, -0.15) is 5.26 Å². The van der Waals surface area contributed by atoms with Crippen LogP contribution in [0.15, 0.2) is 41.2 Å². The van der Waals surface area contributed by atoms with Crippen LogP contribution in [0.1, 0.15) is 21.6 Å². The zero-order chi connectivity index (χ0) is 14.0. The van der Waals surface area contributed by atoms with Crippen LogP contribution in [0.3, 0.4) is 0 Å². The predicted octanol–water partition coefficient (Wildman–Crippen LogP) is 1.72. The molecule has 0 saturated heterocycles. The third kappa shape index (κ3) is 2.11. The Kier molecular flexibility index (Phi) is 3.17. The molecule has 94 valence electrons. The van der Waals surface area contributed by atoms with Gasteiger partial charge in [0.1, 0.15) is 11.6 Å². The van der Waals surface area contributed by atoms with E-state index in [1.54, 1.807) is 37.3 Å². The average Bonchev–Trinajstić information content (AvgIpc) is 2.40. The molecule has 0 aliphatic carbocycles. The topological polar surface area (TPSA) is 83.1 Å². The van der Waals surface area contributed by atoms with Crippen molar-refractivity contribution in [3.05, 3.63) is 63.6 Å². The molecule has 2 aromatic rings. The van der Waals surface area contributed by atoms with Crippen LogP contribution >= 0.6 is 0 Å². The SMILES string of the molecule is Cc1c(C#N)cc(C(=O)O)c(=O)n1-c1ccccc1. The third-order valence-electron chi connectivity index (χ3n) is 2.81. The summed E-state index contributed by atoms with van der Waals surface area (Å²) in [6.45, 7) is 1.61. The standard InChI is InChI=1S/C14H10N2O3/c1-9-10(8-15)7-12(14(18)19)13(17)16(9)11-5-3-2-4-6-11/h2-7H,1H3,(H,18,19). The fraction of sp³-hybridized carbons (Fsp3) is 0.0714. The summed E-state index contributed by atoms with van der Waals surface area (Å²) < 4.78 is 1.24. The van der Waals surface area contributed by atoms with E-state index in [1.807, 2.05) is 6.07 Å². The summed E-state index contributed by atoms with van der Waals surface area (Å²) in [7, 11) is 0. The minimum atomic E-state index is -1.34. The summed E-state index contributed by atoms with van der Waals surface area (Å²) in [5.74, 6) is -1.34. The summed E-state index contributed by atoms with van der Waals surface area (Å²) >= 11 is 0. The number of nitrogens with zero attached hydrogens (tertiary/aromatic N) is 2.